The highest BCUT2D eigenvalue weighted by Gasteiger charge is 2.17. The second-order valence-corrected chi connectivity index (χ2v) is 7.47. The van der Waals surface area contributed by atoms with Crippen LogP contribution in [-0.4, -0.2) is 32.3 Å². The number of halogens is 2. The molecule has 0 aliphatic heterocycles. The number of anilines is 1. The van der Waals surface area contributed by atoms with E-state index in [1.54, 1.807) is 30.3 Å². The Balaban J connectivity index is 1.61. The summed E-state index contributed by atoms with van der Waals surface area (Å²) in [5.41, 5.74) is 0.688. The second-order valence-electron chi connectivity index (χ2n) is 6.63. The number of aromatic amines is 1. The molecule has 0 aliphatic carbocycles. The molecule has 0 atom stereocenters. The average Bonchev–Trinajstić information content (AvgIpc) is 3.42. The zero-order chi connectivity index (χ0) is 22.7. The Kier molecular flexibility index (Phi) is 6.29. The smallest absolute Gasteiger partial charge is 0.263 e. The zero-order valence-corrected chi connectivity index (χ0v) is 18.3. The minimum Gasteiger partial charge on any atom is -0.482 e. The first-order valence-electron chi connectivity index (χ1n) is 9.55. The number of amides is 1. The lowest BCUT2D eigenvalue weighted by Crippen LogP contribution is -2.23. The highest BCUT2D eigenvalue weighted by Crippen LogP contribution is 2.28. The SMILES string of the molecule is CCc1cc(=O)[nH]c(-n2nc(-c3ccco3)cc2NC(=O)COc2ccc(Cl)cc2Cl)n1. The van der Waals surface area contributed by atoms with Crippen molar-refractivity contribution < 1.29 is 13.9 Å². The molecule has 0 unspecified atom stereocenters. The van der Waals surface area contributed by atoms with E-state index in [1.165, 1.54) is 23.1 Å². The Morgan fingerprint density at radius 2 is 2.09 bits per heavy atom. The van der Waals surface area contributed by atoms with Crippen LogP contribution < -0.4 is 15.6 Å². The predicted molar refractivity (Wildman–Crippen MR) is 120 cm³/mol. The fourth-order valence-electron chi connectivity index (χ4n) is 2.87. The van der Waals surface area contributed by atoms with Gasteiger partial charge in [-0.3, -0.25) is 14.6 Å². The van der Waals surface area contributed by atoms with Gasteiger partial charge in [-0.1, -0.05) is 30.1 Å². The van der Waals surface area contributed by atoms with Gasteiger partial charge in [0.05, 0.1) is 11.3 Å². The van der Waals surface area contributed by atoms with Gasteiger partial charge >= 0.3 is 0 Å². The summed E-state index contributed by atoms with van der Waals surface area (Å²) in [5, 5.41) is 7.89. The number of carbonyl (C=O) groups is 1. The van der Waals surface area contributed by atoms with Gasteiger partial charge in [0.2, 0.25) is 5.95 Å². The highest BCUT2D eigenvalue weighted by atomic mass is 35.5. The van der Waals surface area contributed by atoms with E-state index < -0.39 is 5.91 Å². The third kappa shape index (κ3) is 4.84. The van der Waals surface area contributed by atoms with Crippen LogP contribution in [0.1, 0.15) is 12.6 Å². The summed E-state index contributed by atoms with van der Waals surface area (Å²) in [4.78, 5) is 31.6. The fraction of sp³-hybridized carbons (Fsp3) is 0.143. The number of nitrogens with zero attached hydrogens (tertiary/aromatic N) is 3. The van der Waals surface area contributed by atoms with Crippen molar-refractivity contribution in [1.82, 2.24) is 19.7 Å². The van der Waals surface area contributed by atoms with Gasteiger partial charge in [0.15, 0.2) is 12.4 Å². The summed E-state index contributed by atoms with van der Waals surface area (Å²) in [6.07, 6.45) is 2.06. The first-order valence-corrected chi connectivity index (χ1v) is 10.3. The highest BCUT2D eigenvalue weighted by molar-refractivity contribution is 6.35. The number of benzene rings is 1. The number of hydrogen-bond acceptors (Lipinski definition) is 6. The molecule has 0 bridgehead atoms. The van der Waals surface area contributed by atoms with Crippen LogP contribution in [0.2, 0.25) is 10.0 Å². The number of furan rings is 1. The summed E-state index contributed by atoms with van der Waals surface area (Å²) in [6, 6.07) is 11.1. The number of carbonyl (C=O) groups excluding carboxylic acids is 1. The Labute approximate surface area is 191 Å². The Hall–Kier alpha value is -3.56. The van der Waals surface area contributed by atoms with Crippen molar-refractivity contribution in [1.29, 1.82) is 0 Å². The lowest BCUT2D eigenvalue weighted by atomic mass is 10.3. The van der Waals surface area contributed by atoms with Crippen LogP contribution in [-0.2, 0) is 11.2 Å². The van der Waals surface area contributed by atoms with Crippen molar-refractivity contribution in [2.45, 2.75) is 13.3 Å². The molecule has 0 aliphatic rings. The van der Waals surface area contributed by atoms with Gasteiger partial charge in [-0.2, -0.15) is 9.78 Å². The summed E-state index contributed by atoms with van der Waals surface area (Å²) < 4.78 is 12.2. The number of hydrogen-bond donors (Lipinski definition) is 2. The number of H-pyrrole nitrogens is 1. The van der Waals surface area contributed by atoms with Gasteiger partial charge < -0.3 is 14.5 Å². The zero-order valence-electron chi connectivity index (χ0n) is 16.8. The molecule has 2 N–H and O–H groups in total. The monoisotopic (exact) mass is 473 g/mol. The second kappa shape index (κ2) is 9.29. The van der Waals surface area contributed by atoms with Gasteiger partial charge in [-0.15, -0.1) is 0 Å². The molecule has 1 amide bonds. The number of aromatic nitrogens is 4. The van der Waals surface area contributed by atoms with E-state index in [4.69, 9.17) is 32.4 Å². The van der Waals surface area contributed by atoms with Crippen molar-refractivity contribution in [3.63, 3.8) is 0 Å². The van der Waals surface area contributed by atoms with E-state index in [1.807, 2.05) is 6.92 Å². The van der Waals surface area contributed by atoms with Crippen LogP contribution in [0.15, 0.2) is 57.9 Å². The van der Waals surface area contributed by atoms with E-state index in [2.05, 4.69) is 20.4 Å². The maximum absolute atomic E-state index is 12.6. The summed E-state index contributed by atoms with van der Waals surface area (Å²) in [5.74, 6) is 0.750. The Morgan fingerprint density at radius 1 is 1.25 bits per heavy atom. The molecule has 11 heteroatoms. The molecule has 164 valence electrons. The maximum Gasteiger partial charge on any atom is 0.263 e. The molecule has 0 saturated heterocycles. The molecule has 1 aromatic carbocycles. The largest absolute Gasteiger partial charge is 0.482 e. The molecule has 0 radical (unpaired) electrons. The van der Waals surface area contributed by atoms with Crippen LogP contribution >= 0.6 is 23.2 Å². The van der Waals surface area contributed by atoms with Crippen LogP contribution in [0.4, 0.5) is 5.82 Å². The number of rotatable bonds is 7. The van der Waals surface area contributed by atoms with E-state index in [9.17, 15) is 9.59 Å². The summed E-state index contributed by atoms with van der Waals surface area (Å²) in [6.45, 7) is 1.56. The summed E-state index contributed by atoms with van der Waals surface area (Å²) in [7, 11) is 0. The average molecular weight is 474 g/mol. The lowest BCUT2D eigenvalue weighted by Gasteiger charge is -2.10. The van der Waals surface area contributed by atoms with Crippen molar-refractivity contribution in [2.24, 2.45) is 0 Å². The van der Waals surface area contributed by atoms with Crippen molar-refractivity contribution in [2.75, 3.05) is 11.9 Å². The standard InChI is InChI=1S/C21H17Cl2N5O4/c1-2-13-9-19(29)26-21(24-13)28-18(10-15(27-28)17-4-3-7-31-17)25-20(30)11-32-16-6-5-12(22)8-14(16)23/h3-10H,2,11H2,1H3,(H,25,30)(H,24,26,29). The topological polar surface area (TPSA) is 115 Å². The molecule has 3 heterocycles. The van der Waals surface area contributed by atoms with E-state index >= 15 is 0 Å². The molecule has 4 rings (SSSR count). The van der Waals surface area contributed by atoms with Crippen molar-refractivity contribution >= 4 is 34.9 Å². The third-order valence-electron chi connectivity index (χ3n) is 4.35. The van der Waals surface area contributed by atoms with Crippen LogP contribution in [0, 0.1) is 0 Å². The van der Waals surface area contributed by atoms with E-state index in [0.29, 0.717) is 34.3 Å². The van der Waals surface area contributed by atoms with Crippen molar-refractivity contribution in [3.8, 4) is 23.2 Å². The molecular weight excluding hydrogens is 457 g/mol. The van der Waals surface area contributed by atoms with Crippen LogP contribution in [0.5, 0.6) is 5.75 Å². The van der Waals surface area contributed by atoms with Crippen LogP contribution in [0.3, 0.4) is 0 Å². The van der Waals surface area contributed by atoms with E-state index in [0.717, 1.165) is 0 Å². The lowest BCUT2D eigenvalue weighted by molar-refractivity contribution is -0.118. The number of aryl methyl sites for hydroxylation is 1. The van der Waals surface area contributed by atoms with Gasteiger partial charge in [0.25, 0.3) is 11.5 Å². The first kappa shape index (κ1) is 21.7. The quantitative estimate of drug-likeness (QED) is 0.417. The minimum absolute atomic E-state index is 0.157. The van der Waals surface area contributed by atoms with Gasteiger partial charge in [-0.25, -0.2) is 4.98 Å². The van der Waals surface area contributed by atoms with Crippen molar-refractivity contribution in [3.05, 3.63) is 74.8 Å². The normalized spacial score (nSPS) is 10.8. The minimum atomic E-state index is -0.475. The number of ether oxygens (including phenoxy) is 1. The number of nitrogens with one attached hydrogen (secondary N) is 2. The molecule has 32 heavy (non-hydrogen) atoms. The molecule has 3 aromatic heterocycles. The molecule has 0 saturated carbocycles. The third-order valence-corrected chi connectivity index (χ3v) is 4.88. The Bertz CT molecular complexity index is 1310. The molecule has 9 nitrogen and oxygen atoms in total. The van der Waals surface area contributed by atoms with Crippen LogP contribution in [0.25, 0.3) is 17.4 Å². The molecular formula is C21H17Cl2N5O4. The van der Waals surface area contributed by atoms with Gasteiger partial charge in [-0.05, 0) is 36.8 Å². The molecule has 4 aromatic rings. The molecule has 0 spiro atoms. The fourth-order valence-corrected chi connectivity index (χ4v) is 3.33. The Morgan fingerprint density at radius 3 is 2.81 bits per heavy atom. The van der Waals surface area contributed by atoms with Gasteiger partial charge in [0, 0.05) is 22.8 Å². The summed E-state index contributed by atoms with van der Waals surface area (Å²) >= 11 is 11.9. The van der Waals surface area contributed by atoms with E-state index in [-0.39, 0.29) is 29.0 Å². The predicted octanol–water partition coefficient (Wildman–Crippen LogP) is 4.10. The maximum atomic E-state index is 12.6. The first-order chi connectivity index (χ1) is 15.4. The van der Waals surface area contributed by atoms with Gasteiger partial charge in [0.1, 0.15) is 17.3 Å². The molecule has 0 fully saturated rings.